The quantitative estimate of drug-likeness (QED) is 0.551. The Morgan fingerprint density at radius 2 is 1.93 bits per heavy atom. The Hall–Kier alpha value is -1.60. The van der Waals surface area contributed by atoms with E-state index in [1.165, 1.54) is 38.7 Å². The highest BCUT2D eigenvalue weighted by Gasteiger charge is 2.25. The van der Waals surface area contributed by atoms with E-state index < -0.39 is 0 Å². The number of ether oxygens (including phenoxy) is 1. The molecule has 1 atom stereocenters. The van der Waals surface area contributed by atoms with Gasteiger partial charge in [0.15, 0.2) is 0 Å². The summed E-state index contributed by atoms with van der Waals surface area (Å²) in [6, 6.07) is 10.4. The Bertz CT molecular complexity index is 740. The van der Waals surface area contributed by atoms with Crippen molar-refractivity contribution in [1.29, 1.82) is 0 Å². The van der Waals surface area contributed by atoms with Gasteiger partial charge in [-0.2, -0.15) is 0 Å². The van der Waals surface area contributed by atoms with Crippen molar-refractivity contribution in [1.82, 2.24) is 4.90 Å². The molecule has 0 amide bonds. The minimum absolute atomic E-state index is 0.218. The van der Waals surface area contributed by atoms with Gasteiger partial charge in [0.1, 0.15) is 4.88 Å². The third-order valence-corrected chi connectivity index (χ3v) is 6.39. The van der Waals surface area contributed by atoms with Gasteiger partial charge in [-0.1, -0.05) is 30.0 Å². The lowest BCUT2D eigenvalue weighted by Crippen LogP contribution is -2.04. The van der Waals surface area contributed by atoms with E-state index in [4.69, 9.17) is 9.84 Å². The Kier molecular flexibility index (Phi) is 11.2. The molecule has 154 valence electrons. The lowest BCUT2D eigenvalue weighted by molar-refractivity contribution is 0.0606. The average molecular weight is 422 g/mol. The molecule has 28 heavy (non-hydrogen) atoms. The number of carbonyl (C=O) groups excluding carboxylic acids is 1. The molecule has 0 bridgehead atoms. The first kappa shape index (κ1) is 24.4. The molecule has 0 radical (unpaired) electrons. The predicted molar refractivity (Wildman–Crippen MR) is 120 cm³/mol. The number of nitrogens with zero attached hydrogens (tertiary/aromatic N) is 1. The number of fused-ring (bicyclic) bond motifs is 2. The number of thiophene rings is 1. The summed E-state index contributed by atoms with van der Waals surface area (Å²) < 4.78 is 6.02. The molecule has 0 unspecified atom stereocenters. The van der Waals surface area contributed by atoms with Crippen molar-refractivity contribution < 1.29 is 14.6 Å². The van der Waals surface area contributed by atoms with E-state index >= 15 is 0 Å². The molecule has 0 saturated carbocycles. The third-order valence-electron chi connectivity index (χ3n) is 3.90. The van der Waals surface area contributed by atoms with Crippen LogP contribution >= 0.6 is 23.1 Å². The van der Waals surface area contributed by atoms with Crippen LogP contribution < -0.4 is 0 Å². The molecule has 0 spiro atoms. The molecule has 0 saturated heterocycles. The maximum atomic E-state index is 11.8. The number of aliphatic hydroxyl groups is 1. The number of benzene rings is 1. The number of rotatable bonds is 4. The Morgan fingerprint density at radius 1 is 1.29 bits per heavy atom. The zero-order chi connectivity index (χ0) is 21.1. The second-order valence-corrected chi connectivity index (χ2v) is 9.03. The first-order valence-electron chi connectivity index (χ1n) is 9.15. The van der Waals surface area contributed by atoms with Crippen LogP contribution in [-0.4, -0.2) is 50.8 Å². The van der Waals surface area contributed by atoms with Gasteiger partial charge in [-0.3, -0.25) is 0 Å². The normalized spacial score (nSPS) is 14.4. The van der Waals surface area contributed by atoms with E-state index in [0.29, 0.717) is 10.8 Å². The Balaban J connectivity index is 0.000000583. The summed E-state index contributed by atoms with van der Waals surface area (Å²) in [5, 5.41) is 9.15. The van der Waals surface area contributed by atoms with Gasteiger partial charge in [0.25, 0.3) is 0 Å². The van der Waals surface area contributed by atoms with Crippen molar-refractivity contribution in [2.75, 3.05) is 34.9 Å². The first-order valence-corrected chi connectivity index (χ1v) is 10.8. The van der Waals surface area contributed by atoms with Crippen LogP contribution in [0, 0.1) is 0 Å². The molecule has 3 rings (SSSR count). The summed E-state index contributed by atoms with van der Waals surface area (Å²) in [6.45, 7) is 6.22. The molecule has 1 aromatic carbocycles. The zero-order valence-corrected chi connectivity index (χ0v) is 18.9. The molecule has 1 N–H and O–H groups in total. The third kappa shape index (κ3) is 7.09. The Morgan fingerprint density at radius 3 is 2.54 bits per heavy atom. The van der Waals surface area contributed by atoms with Crippen LogP contribution in [0.2, 0.25) is 0 Å². The Labute approximate surface area is 177 Å². The standard InChI is InChI=1S/C17H18O3S2.C3H9N.C2H4/c1-20-16(19)15-10-12-9-11(5-4-8-18)13-6-2-3-7-14(13)21-17(12)22-15;1-4(2)3;1-2/h2-3,6-7,10-11,18H,4-5,8-9H2,1H3;1-3H3;1-2H2/t11-;;/m0../s1. The number of carbonyl (C=O) groups is 1. The molecule has 1 aliphatic rings. The monoisotopic (exact) mass is 421 g/mol. The van der Waals surface area contributed by atoms with Crippen LogP contribution in [0.15, 0.2) is 52.6 Å². The molecule has 2 aromatic rings. The topological polar surface area (TPSA) is 49.8 Å². The summed E-state index contributed by atoms with van der Waals surface area (Å²) in [5.41, 5.74) is 2.57. The number of hydrogen-bond acceptors (Lipinski definition) is 6. The predicted octanol–water partition coefficient (Wildman–Crippen LogP) is 5.08. The van der Waals surface area contributed by atoms with Crippen molar-refractivity contribution in [3.63, 3.8) is 0 Å². The van der Waals surface area contributed by atoms with Crippen LogP contribution in [-0.2, 0) is 11.2 Å². The molecule has 0 aliphatic carbocycles. The maximum absolute atomic E-state index is 11.8. The van der Waals surface area contributed by atoms with Gasteiger partial charge < -0.3 is 14.7 Å². The van der Waals surface area contributed by atoms with Gasteiger partial charge in [-0.15, -0.1) is 24.5 Å². The summed E-state index contributed by atoms with van der Waals surface area (Å²) in [6.07, 6.45) is 2.66. The smallest absolute Gasteiger partial charge is 0.348 e. The fraction of sp³-hybridized carbons (Fsp3) is 0.409. The summed E-state index contributed by atoms with van der Waals surface area (Å²) in [7, 11) is 7.42. The highest BCUT2D eigenvalue weighted by atomic mass is 32.2. The number of esters is 1. The molecule has 0 fully saturated rings. The lowest BCUT2D eigenvalue weighted by Gasteiger charge is -2.16. The largest absolute Gasteiger partial charge is 0.465 e. The number of methoxy groups -OCH3 is 1. The molecule has 1 aromatic heterocycles. The van der Waals surface area contributed by atoms with Gasteiger partial charge in [-0.25, -0.2) is 4.79 Å². The first-order chi connectivity index (χ1) is 13.5. The second kappa shape index (κ2) is 12.8. The molecule has 6 heteroatoms. The highest BCUT2D eigenvalue weighted by molar-refractivity contribution is 8.01. The van der Waals surface area contributed by atoms with Crippen molar-refractivity contribution in [3.8, 4) is 0 Å². The van der Waals surface area contributed by atoms with Gasteiger partial charge >= 0.3 is 5.97 Å². The van der Waals surface area contributed by atoms with Crippen LogP contribution in [0.25, 0.3) is 0 Å². The van der Waals surface area contributed by atoms with E-state index in [9.17, 15) is 4.79 Å². The van der Waals surface area contributed by atoms with E-state index in [1.54, 1.807) is 11.8 Å². The van der Waals surface area contributed by atoms with E-state index in [2.05, 4.69) is 37.4 Å². The fourth-order valence-corrected chi connectivity index (χ4v) is 5.34. The second-order valence-electron chi connectivity index (χ2n) is 6.66. The summed E-state index contributed by atoms with van der Waals surface area (Å²) in [4.78, 5) is 15.7. The fourth-order valence-electron chi connectivity index (χ4n) is 2.82. The molecular formula is C22H31NO3S2. The van der Waals surface area contributed by atoms with E-state index in [-0.39, 0.29) is 12.6 Å². The minimum Gasteiger partial charge on any atom is -0.465 e. The molecular weight excluding hydrogens is 390 g/mol. The zero-order valence-electron chi connectivity index (χ0n) is 17.2. The van der Waals surface area contributed by atoms with Gasteiger partial charge in [-0.05, 0) is 69.6 Å². The number of aliphatic hydroxyl groups excluding tert-OH is 1. The molecule has 1 aliphatic heterocycles. The summed E-state index contributed by atoms with van der Waals surface area (Å²) in [5.74, 6) is 0.121. The SMILES string of the molecule is C=C.CN(C)C.COC(=O)c1cc2c(s1)Sc1ccccc1[C@@H](CCCO)C2. The van der Waals surface area contributed by atoms with Crippen LogP contribution in [0.4, 0.5) is 0 Å². The van der Waals surface area contributed by atoms with Gasteiger partial charge in [0.05, 0.1) is 11.3 Å². The van der Waals surface area contributed by atoms with Gasteiger partial charge in [0.2, 0.25) is 0 Å². The lowest BCUT2D eigenvalue weighted by atomic mass is 9.89. The summed E-state index contributed by atoms with van der Waals surface area (Å²) >= 11 is 3.25. The maximum Gasteiger partial charge on any atom is 0.348 e. The van der Waals surface area contributed by atoms with Crippen molar-refractivity contribution >= 4 is 29.1 Å². The van der Waals surface area contributed by atoms with Crippen LogP contribution in [0.3, 0.4) is 0 Å². The van der Waals surface area contributed by atoms with Crippen molar-refractivity contribution in [2.24, 2.45) is 0 Å². The van der Waals surface area contributed by atoms with Crippen molar-refractivity contribution in [3.05, 3.63) is 59.5 Å². The van der Waals surface area contributed by atoms with Gasteiger partial charge in [0, 0.05) is 11.5 Å². The van der Waals surface area contributed by atoms with E-state index in [0.717, 1.165) is 19.3 Å². The molecule has 2 heterocycles. The van der Waals surface area contributed by atoms with E-state index in [1.807, 2.05) is 32.1 Å². The average Bonchev–Trinajstić information content (AvgIpc) is 3.02. The van der Waals surface area contributed by atoms with Crippen LogP contribution in [0.5, 0.6) is 0 Å². The molecule has 4 nitrogen and oxygen atoms in total. The minimum atomic E-state index is -0.265. The highest BCUT2D eigenvalue weighted by Crippen LogP contribution is 2.46. The number of hydrogen-bond donors (Lipinski definition) is 1. The van der Waals surface area contributed by atoms with Crippen LogP contribution in [0.1, 0.15) is 39.6 Å². The van der Waals surface area contributed by atoms with Crippen molar-refractivity contribution in [2.45, 2.75) is 34.3 Å².